The number of halogens is 2. The highest BCUT2D eigenvalue weighted by atomic mass is 35.5. The van der Waals surface area contributed by atoms with Crippen LogP contribution in [0, 0.1) is 13.8 Å². The maximum atomic E-state index is 13.2. The lowest BCUT2D eigenvalue weighted by molar-refractivity contribution is 0.607. The van der Waals surface area contributed by atoms with Gasteiger partial charge in [-0.25, -0.2) is 9.03 Å². The highest BCUT2D eigenvalue weighted by Gasteiger charge is 2.20. The summed E-state index contributed by atoms with van der Waals surface area (Å²) in [5.74, 6) is 0. The van der Waals surface area contributed by atoms with Gasteiger partial charge in [0.1, 0.15) is 11.0 Å². The molecule has 0 radical (unpaired) electrons. The summed E-state index contributed by atoms with van der Waals surface area (Å²) in [5, 5.41) is 13.3. The topological polar surface area (TPSA) is 117 Å². The quantitative estimate of drug-likeness (QED) is 0.262. The molecule has 6 aromatic rings. The number of rotatable bonds is 8. The lowest BCUT2D eigenvalue weighted by Gasteiger charge is -2.12. The van der Waals surface area contributed by atoms with Gasteiger partial charge in [-0.05, 0) is 33.0 Å². The lowest BCUT2D eigenvalue weighted by Crippen LogP contribution is -2.28. The minimum absolute atomic E-state index is 0.116. The molecule has 0 aliphatic rings. The molecule has 3 N–H and O–H groups in total. The molecule has 0 fully saturated rings. The zero-order chi connectivity index (χ0) is 30.4. The van der Waals surface area contributed by atoms with E-state index < -0.39 is 0 Å². The molecular formula is C31H30Cl2N8O2. The number of nitrogens with one attached hydrogen (secondary N) is 1. The maximum absolute atomic E-state index is 13.2. The van der Waals surface area contributed by atoms with Crippen LogP contribution in [0.1, 0.15) is 11.4 Å². The van der Waals surface area contributed by atoms with Gasteiger partial charge < -0.3 is 20.2 Å². The Morgan fingerprint density at radius 1 is 0.744 bits per heavy atom. The smallest absolute Gasteiger partial charge is 0.276 e. The maximum Gasteiger partial charge on any atom is 0.276 e. The molecular weight excluding hydrogens is 587 g/mol. The summed E-state index contributed by atoms with van der Waals surface area (Å²) in [7, 11) is 1.85. The van der Waals surface area contributed by atoms with Crippen molar-refractivity contribution in [3.05, 3.63) is 103 Å². The van der Waals surface area contributed by atoms with Crippen molar-refractivity contribution in [3.63, 3.8) is 0 Å². The van der Waals surface area contributed by atoms with Gasteiger partial charge in [-0.3, -0.25) is 9.59 Å². The van der Waals surface area contributed by atoms with E-state index in [2.05, 4.69) is 15.5 Å². The zero-order valence-corrected chi connectivity index (χ0v) is 25.4. The van der Waals surface area contributed by atoms with Gasteiger partial charge in [-0.15, -0.1) is 0 Å². The van der Waals surface area contributed by atoms with Crippen molar-refractivity contribution >= 4 is 34.2 Å². The number of likely N-dealkylation sites (N-methyl/N-ethyl adjacent to an activating group) is 1. The van der Waals surface area contributed by atoms with Crippen LogP contribution in [0.2, 0.25) is 10.0 Å². The van der Waals surface area contributed by atoms with E-state index in [0.717, 1.165) is 11.4 Å². The summed E-state index contributed by atoms with van der Waals surface area (Å²) in [6.45, 7) is 5.75. The third-order valence-corrected chi connectivity index (χ3v) is 8.46. The van der Waals surface area contributed by atoms with Crippen molar-refractivity contribution in [2.24, 2.45) is 5.73 Å². The molecule has 0 amide bonds. The van der Waals surface area contributed by atoms with Gasteiger partial charge in [0, 0.05) is 72.2 Å². The van der Waals surface area contributed by atoms with Crippen LogP contribution >= 0.6 is 23.2 Å². The summed E-state index contributed by atoms with van der Waals surface area (Å²) < 4.78 is 6.55. The van der Waals surface area contributed by atoms with E-state index in [1.165, 1.54) is 0 Å². The van der Waals surface area contributed by atoms with Gasteiger partial charge in [0.2, 0.25) is 0 Å². The van der Waals surface area contributed by atoms with Crippen LogP contribution in [0.5, 0.6) is 0 Å². The number of fused-ring (bicyclic) bond motifs is 2. The average molecular weight is 618 g/mol. The molecule has 0 spiro atoms. The SMILES string of the molecule is CNCCn1c(C)cn2nc(-c3cccc(-c4cccc(-c5cc6c(=O)n(CCN)c(C)cn6n5)c4Cl)c3Cl)cc2c1=O. The molecule has 12 heteroatoms. The Bertz CT molecular complexity index is 2140. The first-order valence-electron chi connectivity index (χ1n) is 13.9. The highest BCUT2D eigenvalue weighted by Crippen LogP contribution is 2.42. The molecule has 4 aromatic heterocycles. The molecule has 220 valence electrons. The Morgan fingerprint density at radius 2 is 1.19 bits per heavy atom. The summed E-state index contributed by atoms with van der Waals surface area (Å²) >= 11 is 14.0. The molecule has 0 bridgehead atoms. The number of nitrogens with two attached hydrogens (primary N) is 1. The number of hydrogen-bond acceptors (Lipinski definition) is 6. The molecule has 0 unspecified atom stereocenters. The monoisotopic (exact) mass is 616 g/mol. The third-order valence-electron chi connectivity index (χ3n) is 7.65. The zero-order valence-electron chi connectivity index (χ0n) is 23.9. The molecule has 0 aliphatic carbocycles. The molecule has 0 atom stereocenters. The third kappa shape index (κ3) is 4.96. The predicted molar refractivity (Wildman–Crippen MR) is 171 cm³/mol. The van der Waals surface area contributed by atoms with Gasteiger partial charge in [-0.2, -0.15) is 10.2 Å². The highest BCUT2D eigenvalue weighted by molar-refractivity contribution is 6.39. The number of nitrogens with zero attached hydrogens (tertiary/aromatic N) is 6. The van der Waals surface area contributed by atoms with Crippen molar-refractivity contribution in [1.29, 1.82) is 0 Å². The van der Waals surface area contributed by atoms with Crippen LogP contribution in [0.15, 0.2) is 70.5 Å². The van der Waals surface area contributed by atoms with E-state index in [-0.39, 0.29) is 11.1 Å². The fraction of sp³-hybridized carbons (Fsp3) is 0.226. The van der Waals surface area contributed by atoms with Gasteiger partial charge in [0.05, 0.1) is 21.4 Å². The summed E-state index contributed by atoms with van der Waals surface area (Å²) in [5.41, 5.74) is 11.8. The van der Waals surface area contributed by atoms with Gasteiger partial charge in [-0.1, -0.05) is 59.6 Å². The van der Waals surface area contributed by atoms with Crippen molar-refractivity contribution in [2.45, 2.75) is 26.9 Å². The van der Waals surface area contributed by atoms with Crippen LogP contribution in [0.3, 0.4) is 0 Å². The number of aromatic nitrogens is 6. The number of hydrogen-bond donors (Lipinski definition) is 2. The average Bonchev–Trinajstić information content (AvgIpc) is 3.60. The Labute approximate surface area is 256 Å². The van der Waals surface area contributed by atoms with Crippen molar-refractivity contribution in [3.8, 4) is 33.6 Å². The summed E-state index contributed by atoms with van der Waals surface area (Å²) in [6.07, 6.45) is 3.65. The molecule has 2 aromatic carbocycles. The standard InChI is InChI=1S/C31H30Cl2N8O2/c1-18-16-40-26(30(42)38(18)12-10-34)14-24(36-40)22-8-4-6-20(28(22)32)21-7-5-9-23(29(21)33)25-15-27-31(43)39(13-11-35-3)19(2)17-41(27)37-25/h4-9,14-17,35H,10-13,34H2,1-3H3. The Balaban J connectivity index is 1.44. The fourth-order valence-electron chi connectivity index (χ4n) is 5.44. The molecule has 0 saturated carbocycles. The minimum Gasteiger partial charge on any atom is -0.329 e. The Hall–Kier alpha value is -4.22. The molecule has 4 heterocycles. The van der Waals surface area contributed by atoms with Gasteiger partial charge in [0.25, 0.3) is 11.1 Å². The largest absolute Gasteiger partial charge is 0.329 e. The molecule has 43 heavy (non-hydrogen) atoms. The second kappa shape index (κ2) is 11.5. The van der Waals surface area contributed by atoms with E-state index in [9.17, 15) is 9.59 Å². The number of aryl methyl sites for hydroxylation is 2. The molecule has 0 aliphatic heterocycles. The first kappa shape index (κ1) is 28.9. The Morgan fingerprint density at radius 3 is 1.63 bits per heavy atom. The summed E-state index contributed by atoms with van der Waals surface area (Å²) in [4.78, 5) is 26.3. The minimum atomic E-state index is -0.163. The predicted octanol–water partition coefficient (Wildman–Crippen LogP) is 4.41. The van der Waals surface area contributed by atoms with Crippen molar-refractivity contribution < 1.29 is 0 Å². The van der Waals surface area contributed by atoms with Gasteiger partial charge >= 0.3 is 0 Å². The van der Waals surface area contributed by atoms with Crippen molar-refractivity contribution in [1.82, 2.24) is 33.7 Å². The molecule has 0 saturated heterocycles. The van der Waals surface area contributed by atoms with E-state index in [1.807, 2.05) is 63.5 Å². The van der Waals surface area contributed by atoms with Crippen LogP contribution in [0.4, 0.5) is 0 Å². The van der Waals surface area contributed by atoms with Crippen LogP contribution in [-0.4, -0.2) is 48.5 Å². The van der Waals surface area contributed by atoms with Crippen LogP contribution in [0.25, 0.3) is 44.7 Å². The summed E-state index contributed by atoms with van der Waals surface area (Å²) in [6, 6.07) is 14.8. The van der Waals surface area contributed by atoms with E-state index >= 15 is 0 Å². The van der Waals surface area contributed by atoms with E-state index in [0.29, 0.717) is 80.9 Å². The number of benzene rings is 2. The van der Waals surface area contributed by atoms with Crippen LogP contribution in [-0.2, 0) is 13.1 Å². The fourth-order valence-corrected chi connectivity index (χ4v) is 6.09. The second-order valence-corrected chi connectivity index (χ2v) is 11.2. The lowest BCUT2D eigenvalue weighted by atomic mass is 9.98. The first-order valence-corrected chi connectivity index (χ1v) is 14.6. The van der Waals surface area contributed by atoms with Crippen molar-refractivity contribution in [2.75, 3.05) is 20.1 Å². The normalized spacial score (nSPS) is 11.7. The van der Waals surface area contributed by atoms with Crippen LogP contribution < -0.4 is 22.2 Å². The van der Waals surface area contributed by atoms with E-state index in [4.69, 9.17) is 28.9 Å². The van der Waals surface area contributed by atoms with E-state index in [1.54, 1.807) is 36.5 Å². The first-order chi connectivity index (χ1) is 20.7. The Kier molecular flexibility index (Phi) is 7.70. The molecule has 6 rings (SSSR count). The van der Waals surface area contributed by atoms with Gasteiger partial charge in [0.15, 0.2) is 0 Å². The second-order valence-electron chi connectivity index (χ2n) is 10.4. The molecule has 10 nitrogen and oxygen atoms in total.